The molecule has 0 aromatic carbocycles. The van der Waals surface area contributed by atoms with Gasteiger partial charge in [-0.2, -0.15) is 0 Å². The molecule has 2 nitrogen and oxygen atoms in total. The molecule has 0 saturated heterocycles. The van der Waals surface area contributed by atoms with Crippen molar-refractivity contribution < 1.29 is 0 Å². The van der Waals surface area contributed by atoms with Crippen molar-refractivity contribution in [1.82, 2.24) is 9.80 Å². The highest BCUT2D eigenvalue weighted by atomic mass is 35.5. The molecular formula is C9H15Cl2N2. The van der Waals surface area contributed by atoms with Crippen LogP contribution in [0.2, 0.25) is 0 Å². The second-order valence-electron chi connectivity index (χ2n) is 3.70. The van der Waals surface area contributed by atoms with Crippen LogP contribution in [0.4, 0.5) is 0 Å². The Labute approximate surface area is 90.1 Å². The average molecular weight is 222 g/mol. The smallest absolute Gasteiger partial charge is 0.144 e. The minimum Gasteiger partial charge on any atom is -0.333 e. The normalized spacial score (nSPS) is 18.5. The van der Waals surface area contributed by atoms with Crippen LogP contribution in [-0.4, -0.2) is 21.9 Å². The highest BCUT2D eigenvalue weighted by molar-refractivity contribution is 6.39. The van der Waals surface area contributed by atoms with Gasteiger partial charge in [0.05, 0.1) is 0 Å². The Morgan fingerprint density at radius 3 is 1.38 bits per heavy atom. The summed E-state index contributed by atoms with van der Waals surface area (Å²) in [5.41, 5.74) is 0. The van der Waals surface area contributed by atoms with Gasteiger partial charge >= 0.3 is 0 Å². The van der Waals surface area contributed by atoms with Crippen LogP contribution in [0.5, 0.6) is 0 Å². The molecule has 0 fully saturated rings. The second-order valence-corrected chi connectivity index (χ2v) is 4.42. The van der Waals surface area contributed by atoms with E-state index in [0.717, 1.165) is 0 Å². The molecule has 13 heavy (non-hydrogen) atoms. The molecule has 1 radical (unpaired) electrons. The van der Waals surface area contributed by atoms with Crippen LogP contribution in [-0.2, 0) is 0 Å². The van der Waals surface area contributed by atoms with Gasteiger partial charge in [0.1, 0.15) is 17.0 Å². The summed E-state index contributed by atoms with van der Waals surface area (Å²) < 4.78 is 0. The van der Waals surface area contributed by atoms with Crippen molar-refractivity contribution in [3.63, 3.8) is 0 Å². The van der Waals surface area contributed by atoms with Gasteiger partial charge in [0.2, 0.25) is 0 Å². The van der Waals surface area contributed by atoms with E-state index in [4.69, 9.17) is 23.2 Å². The Kier molecular flexibility index (Phi) is 3.36. The Balaban J connectivity index is 2.81. The fourth-order valence-electron chi connectivity index (χ4n) is 1.17. The predicted octanol–water partition coefficient (Wildman–Crippen LogP) is 3.14. The number of nitrogens with zero attached hydrogens (tertiary/aromatic N) is 2. The molecule has 0 N–H and O–H groups in total. The summed E-state index contributed by atoms with van der Waals surface area (Å²) in [6.45, 7) is 10.3. The first-order valence-electron chi connectivity index (χ1n) is 4.42. The maximum atomic E-state index is 6.06. The lowest BCUT2D eigenvalue weighted by molar-refractivity contribution is 0.267. The minimum atomic E-state index is 0.338. The number of rotatable bonds is 2. The van der Waals surface area contributed by atoms with E-state index in [1.165, 1.54) is 0 Å². The number of halogens is 2. The molecule has 0 amide bonds. The van der Waals surface area contributed by atoms with E-state index in [2.05, 4.69) is 27.7 Å². The summed E-state index contributed by atoms with van der Waals surface area (Å²) in [6.07, 6.45) is 0. The van der Waals surface area contributed by atoms with E-state index in [0.29, 0.717) is 22.4 Å². The van der Waals surface area contributed by atoms with E-state index in [1.807, 2.05) is 16.5 Å². The van der Waals surface area contributed by atoms with E-state index in [-0.39, 0.29) is 0 Å². The molecule has 0 aromatic rings. The Morgan fingerprint density at radius 1 is 0.923 bits per heavy atom. The third-order valence-electron chi connectivity index (χ3n) is 1.99. The summed E-state index contributed by atoms with van der Waals surface area (Å²) in [7, 11) is 0. The fourth-order valence-corrected chi connectivity index (χ4v) is 1.84. The molecule has 0 aliphatic carbocycles. The largest absolute Gasteiger partial charge is 0.333 e. The van der Waals surface area contributed by atoms with Crippen LogP contribution in [0.3, 0.4) is 0 Å². The van der Waals surface area contributed by atoms with E-state index in [9.17, 15) is 0 Å². The van der Waals surface area contributed by atoms with Crippen molar-refractivity contribution >= 4 is 23.2 Å². The summed E-state index contributed by atoms with van der Waals surface area (Å²) in [6, 6.07) is 0.676. The topological polar surface area (TPSA) is 6.48 Å². The highest BCUT2D eigenvalue weighted by Gasteiger charge is 2.30. The zero-order valence-electron chi connectivity index (χ0n) is 8.38. The van der Waals surface area contributed by atoms with Gasteiger partial charge in [-0.25, -0.2) is 0 Å². The molecular weight excluding hydrogens is 207 g/mol. The summed E-state index contributed by atoms with van der Waals surface area (Å²) in [5.74, 6) is 0. The van der Waals surface area contributed by atoms with Crippen LogP contribution in [0.25, 0.3) is 0 Å². The maximum Gasteiger partial charge on any atom is 0.144 e. The molecule has 0 atom stereocenters. The molecule has 1 heterocycles. The van der Waals surface area contributed by atoms with Crippen molar-refractivity contribution in [2.24, 2.45) is 0 Å². The lowest BCUT2D eigenvalue weighted by Crippen LogP contribution is -2.30. The lowest BCUT2D eigenvalue weighted by Gasteiger charge is -2.26. The number of hydrogen-bond donors (Lipinski definition) is 0. The second kappa shape index (κ2) is 3.97. The third kappa shape index (κ3) is 2.05. The van der Waals surface area contributed by atoms with Gasteiger partial charge in [0.15, 0.2) is 0 Å². The molecule has 1 rings (SSSR count). The van der Waals surface area contributed by atoms with Crippen LogP contribution >= 0.6 is 23.2 Å². The van der Waals surface area contributed by atoms with Crippen LogP contribution in [0, 0.1) is 6.67 Å². The molecule has 0 aromatic heterocycles. The number of hydrogen-bond acceptors (Lipinski definition) is 2. The lowest BCUT2D eigenvalue weighted by atomic mass is 10.3. The van der Waals surface area contributed by atoms with Crippen molar-refractivity contribution in [1.29, 1.82) is 0 Å². The molecule has 0 spiro atoms. The molecule has 75 valence electrons. The quantitative estimate of drug-likeness (QED) is 0.662. The minimum absolute atomic E-state index is 0.338. The third-order valence-corrected chi connectivity index (χ3v) is 2.83. The maximum absolute atomic E-state index is 6.06. The zero-order valence-corrected chi connectivity index (χ0v) is 9.89. The SMILES string of the molecule is CC(C)N1[CH]N(C(C)C)C(Cl)=C1Cl. The van der Waals surface area contributed by atoms with Crippen molar-refractivity contribution in [3.05, 3.63) is 17.0 Å². The van der Waals surface area contributed by atoms with E-state index in [1.54, 1.807) is 0 Å². The molecule has 0 bridgehead atoms. The Morgan fingerprint density at radius 2 is 1.23 bits per heavy atom. The molecule has 4 heteroatoms. The predicted molar refractivity (Wildman–Crippen MR) is 57.0 cm³/mol. The van der Waals surface area contributed by atoms with Gasteiger partial charge in [-0.05, 0) is 27.7 Å². The summed E-state index contributed by atoms with van der Waals surface area (Å²) in [5, 5.41) is 1.23. The van der Waals surface area contributed by atoms with Gasteiger partial charge in [-0.3, -0.25) is 0 Å². The molecule has 1 aliphatic heterocycles. The first kappa shape index (κ1) is 11.0. The summed E-state index contributed by atoms with van der Waals surface area (Å²) in [4.78, 5) is 3.92. The fraction of sp³-hybridized carbons (Fsp3) is 0.667. The standard InChI is InChI=1S/C9H15Cl2N2/c1-6(2)12-5-13(7(3)4)9(11)8(12)10/h5-7H,1-4H3. The Hall–Kier alpha value is -0.0800. The molecule has 1 aliphatic rings. The first-order chi connectivity index (χ1) is 5.95. The van der Waals surface area contributed by atoms with Crippen LogP contribution < -0.4 is 0 Å². The first-order valence-corrected chi connectivity index (χ1v) is 5.17. The van der Waals surface area contributed by atoms with Gasteiger partial charge < -0.3 is 9.80 Å². The van der Waals surface area contributed by atoms with E-state index < -0.39 is 0 Å². The van der Waals surface area contributed by atoms with Crippen molar-refractivity contribution in [3.8, 4) is 0 Å². The molecule has 0 saturated carbocycles. The monoisotopic (exact) mass is 221 g/mol. The van der Waals surface area contributed by atoms with Gasteiger partial charge in [-0.1, -0.05) is 23.2 Å². The van der Waals surface area contributed by atoms with E-state index >= 15 is 0 Å². The molecule has 0 unspecified atom stereocenters. The van der Waals surface area contributed by atoms with Crippen molar-refractivity contribution in [2.45, 2.75) is 39.8 Å². The Bertz CT molecular complexity index is 202. The van der Waals surface area contributed by atoms with Gasteiger partial charge in [0, 0.05) is 12.1 Å². The van der Waals surface area contributed by atoms with Crippen molar-refractivity contribution in [2.75, 3.05) is 0 Å². The highest BCUT2D eigenvalue weighted by Crippen LogP contribution is 2.34. The van der Waals surface area contributed by atoms with Crippen LogP contribution in [0.15, 0.2) is 10.3 Å². The average Bonchev–Trinajstić information content (AvgIpc) is 2.29. The van der Waals surface area contributed by atoms with Gasteiger partial charge in [-0.15, -0.1) is 0 Å². The zero-order chi connectivity index (χ0) is 10.2. The van der Waals surface area contributed by atoms with Crippen LogP contribution in [0.1, 0.15) is 27.7 Å². The van der Waals surface area contributed by atoms with Gasteiger partial charge in [0.25, 0.3) is 0 Å². The summed E-state index contributed by atoms with van der Waals surface area (Å²) >= 11 is 12.1.